The number of nitrogens with two attached hydrogens (primary N) is 1. The molecule has 0 bridgehead atoms. The highest BCUT2D eigenvalue weighted by Gasteiger charge is 2.50. The summed E-state index contributed by atoms with van der Waals surface area (Å²) in [6.45, 7) is 3.43. The fourth-order valence-corrected chi connectivity index (χ4v) is 0.833. The highest BCUT2D eigenvalue weighted by molar-refractivity contribution is 7.79. The van der Waals surface area contributed by atoms with Crippen LogP contribution in [0.5, 0.6) is 0 Å². The Morgan fingerprint density at radius 1 is 1.64 bits per heavy atom. The van der Waals surface area contributed by atoms with Crippen molar-refractivity contribution in [3.05, 3.63) is 12.7 Å². The number of hydrogen-bond donors (Lipinski definition) is 3. The van der Waals surface area contributed by atoms with E-state index in [0.29, 0.717) is 6.42 Å². The maximum atomic E-state index is 10.2. The third-order valence-electron chi connectivity index (χ3n) is 1.72. The molecule has 7 nitrogen and oxygen atoms in total. The van der Waals surface area contributed by atoms with Crippen LogP contribution in [0.1, 0.15) is 6.42 Å². The van der Waals surface area contributed by atoms with Crippen LogP contribution >= 0.6 is 0 Å². The lowest BCUT2D eigenvalue weighted by molar-refractivity contribution is -0.309. The van der Waals surface area contributed by atoms with Crippen molar-refractivity contribution >= 4 is 16.4 Å². The number of carbonyl (C=O) groups excluding carboxylic acids is 1. The Morgan fingerprint density at radius 2 is 2.00 bits per heavy atom. The molecule has 4 N–H and O–H groups in total. The van der Waals surface area contributed by atoms with Gasteiger partial charge in [-0.15, -0.1) is 6.58 Å². The van der Waals surface area contributed by atoms with E-state index in [2.05, 4.69) is 6.58 Å². The van der Waals surface area contributed by atoms with Crippen molar-refractivity contribution in [1.29, 1.82) is 0 Å². The van der Waals surface area contributed by atoms with E-state index in [1.54, 1.807) is 6.08 Å². The first-order chi connectivity index (χ1) is 6.11. The first-order valence-corrected chi connectivity index (χ1v) is 4.83. The maximum Gasteiger partial charge on any atom is 0.394 e. The Balaban J connectivity index is 0.000000292. The van der Waals surface area contributed by atoms with Crippen LogP contribution < -0.4 is 10.8 Å². The Bertz CT molecular complexity index is 328. The van der Waals surface area contributed by atoms with Gasteiger partial charge < -0.3 is 15.6 Å². The molecule has 1 aliphatic rings. The standard InChI is InChI=1S/C6H9NO2.H2O4S/c1-2-4-3-6(4,7)5(8)9;1-5(2,3)4/h2,4H,1,3,7H2,(H,8,9);(H2,1,2,3,4)/p-1/t4-,6-;/m1./s1. The van der Waals surface area contributed by atoms with Gasteiger partial charge in [0.15, 0.2) is 0 Å². The first-order valence-electron chi connectivity index (χ1n) is 3.44. The fraction of sp³-hybridized carbons (Fsp3) is 0.500. The van der Waals surface area contributed by atoms with E-state index in [9.17, 15) is 9.90 Å². The topological polar surface area (TPSA) is 141 Å². The van der Waals surface area contributed by atoms with Gasteiger partial charge >= 0.3 is 10.4 Å². The molecule has 0 amide bonds. The molecule has 0 radical (unpaired) electrons. The molecular formula is C6H10NO6S-. The zero-order valence-corrected chi connectivity index (χ0v) is 7.90. The van der Waals surface area contributed by atoms with Crippen LogP contribution in [-0.2, 0) is 15.2 Å². The molecule has 14 heavy (non-hydrogen) atoms. The van der Waals surface area contributed by atoms with E-state index in [0.717, 1.165) is 0 Å². The number of carboxylic acids is 1. The van der Waals surface area contributed by atoms with Gasteiger partial charge in [0.05, 0.1) is 11.5 Å². The monoisotopic (exact) mass is 224 g/mol. The summed E-state index contributed by atoms with van der Waals surface area (Å²) >= 11 is 0. The number of hydrogen-bond acceptors (Lipinski definition) is 5. The second kappa shape index (κ2) is 4.05. The molecule has 1 fully saturated rings. The molecule has 0 aromatic heterocycles. The second-order valence-electron chi connectivity index (χ2n) is 2.82. The summed E-state index contributed by atoms with van der Waals surface area (Å²) in [6, 6.07) is 0. The molecule has 82 valence electrons. The van der Waals surface area contributed by atoms with Gasteiger partial charge in [0.25, 0.3) is 0 Å². The van der Waals surface area contributed by atoms with Gasteiger partial charge in [0.2, 0.25) is 0 Å². The van der Waals surface area contributed by atoms with Crippen molar-refractivity contribution in [2.45, 2.75) is 12.0 Å². The molecule has 0 aromatic rings. The zero-order valence-electron chi connectivity index (χ0n) is 7.08. The maximum absolute atomic E-state index is 10.2. The number of carbonyl (C=O) groups is 1. The summed E-state index contributed by atoms with van der Waals surface area (Å²) in [5.41, 5.74) is 4.22. The van der Waals surface area contributed by atoms with Crippen LogP contribution in [0.2, 0.25) is 0 Å². The molecule has 0 spiro atoms. The lowest BCUT2D eigenvalue weighted by Gasteiger charge is -2.09. The third-order valence-corrected chi connectivity index (χ3v) is 1.72. The number of carboxylic acid groups (broad SMARTS) is 1. The summed E-state index contributed by atoms with van der Waals surface area (Å²) in [5.74, 6) is -1.25. The van der Waals surface area contributed by atoms with E-state index in [-0.39, 0.29) is 5.92 Å². The van der Waals surface area contributed by atoms with Crippen LogP contribution in [0.15, 0.2) is 12.7 Å². The number of aliphatic carboxylic acids is 1. The highest BCUT2D eigenvalue weighted by atomic mass is 32.3. The Kier molecular flexibility index (Phi) is 3.77. The first kappa shape index (κ1) is 13.0. The van der Waals surface area contributed by atoms with Crippen LogP contribution in [0, 0.1) is 5.92 Å². The smallest absolute Gasteiger partial charge is 0.394 e. The van der Waals surface area contributed by atoms with Gasteiger partial charge in [0.1, 0.15) is 0 Å². The molecule has 0 aliphatic heterocycles. The molecule has 8 heteroatoms. The normalized spacial score (nSPS) is 29.8. The van der Waals surface area contributed by atoms with Crippen LogP contribution in [-0.4, -0.2) is 29.0 Å². The van der Waals surface area contributed by atoms with Crippen molar-refractivity contribution in [2.75, 3.05) is 0 Å². The van der Waals surface area contributed by atoms with Crippen molar-refractivity contribution in [1.82, 2.24) is 0 Å². The average Bonchev–Trinajstić information content (AvgIpc) is 2.59. The van der Waals surface area contributed by atoms with Gasteiger partial charge in [0, 0.05) is 5.92 Å². The van der Waals surface area contributed by atoms with Crippen LogP contribution in [0.4, 0.5) is 0 Å². The number of rotatable bonds is 2. The van der Waals surface area contributed by atoms with E-state index in [4.69, 9.17) is 23.3 Å². The zero-order chi connectivity index (χ0) is 11.6. The molecule has 1 rings (SSSR count). The lowest BCUT2D eigenvalue weighted by atomic mass is 10.2. The summed E-state index contributed by atoms with van der Waals surface area (Å²) in [6.07, 6.45) is 2.02. The van der Waals surface area contributed by atoms with Gasteiger partial charge in [-0.3, -0.25) is 9.11 Å². The van der Waals surface area contributed by atoms with Crippen LogP contribution in [0.3, 0.4) is 0 Å². The molecule has 0 heterocycles. The molecule has 0 aromatic carbocycles. The van der Waals surface area contributed by atoms with E-state index in [1.807, 2.05) is 0 Å². The molecule has 1 aliphatic carbocycles. The molecular weight excluding hydrogens is 214 g/mol. The van der Waals surface area contributed by atoms with Crippen LogP contribution in [0.25, 0.3) is 0 Å². The fourth-order valence-electron chi connectivity index (χ4n) is 0.833. The minimum absolute atomic E-state index is 0.0810. The SMILES string of the molecule is C=C[C@@H]1C[C@]1(N)C(=O)[O-].O=S(=O)(O)O. The quantitative estimate of drug-likeness (QED) is 0.363. The van der Waals surface area contributed by atoms with Gasteiger partial charge in [-0.2, -0.15) is 8.42 Å². The summed E-state index contributed by atoms with van der Waals surface area (Å²) in [5, 5.41) is 10.2. The Morgan fingerprint density at radius 3 is 2.07 bits per heavy atom. The predicted octanol–water partition coefficient (Wildman–Crippen LogP) is -2.01. The Hall–Kier alpha value is -0.960. The largest absolute Gasteiger partial charge is 0.548 e. The highest BCUT2D eigenvalue weighted by Crippen LogP contribution is 2.40. The van der Waals surface area contributed by atoms with E-state index >= 15 is 0 Å². The summed E-state index contributed by atoms with van der Waals surface area (Å²) < 4.78 is 31.6. The Labute approximate surface area is 80.8 Å². The molecule has 0 unspecified atom stereocenters. The van der Waals surface area contributed by atoms with E-state index in [1.165, 1.54) is 0 Å². The average molecular weight is 224 g/mol. The van der Waals surface area contributed by atoms with E-state index < -0.39 is 21.9 Å². The van der Waals surface area contributed by atoms with Crippen molar-refractivity contribution in [3.8, 4) is 0 Å². The summed E-state index contributed by atoms with van der Waals surface area (Å²) in [4.78, 5) is 10.2. The molecule has 0 saturated heterocycles. The van der Waals surface area contributed by atoms with Gasteiger partial charge in [-0.25, -0.2) is 0 Å². The summed E-state index contributed by atoms with van der Waals surface area (Å²) in [7, 11) is -4.67. The van der Waals surface area contributed by atoms with Crippen molar-refractivity contribution in [3.63, 3.8) is 0 Å². The van der Waals surface area contributed by atoms with Crippen molar-refractivity contribution in [2.24, 2.45) is 11.7 Å². The van der Waals surface area contributed by atoms with Gasteiger partial charge in [-0.05, 0) is 6.42 Å². The molecule has 2 atom stereocenters. The van der Waals surface area contributed by atoms with Crippen molar-refractivity contribution < 1.29 is 27.4 Å². The third kappa shape index (κ3) is 4.33. The van der Waals surface area contributed by atoms with Gasteiger partial charge in [-0.1, -0.05) is 6.08 Å². The predicted molar refractivity (Wildman–Crippen MR) is 44.4 cm³/mol. The molecule has 1 saturated carbocycles. The minimum Gasteiger partial charge on any atom is -0.548 e. The second-order valence-corrected chi connectivity index (χ2v) is 3.72. The lowest BCUT2D eigenvalue weighted by Crippen LogP contribution is -2.45. The minimum atomic E-state index is -4.67.